The Balaban J connectivity index is 1.79. The number of ether oxygens (including phenoxy) is 1. The molecule has 1 atom stereocenters. The molecule has 1 fully saturated rings. The Kier molecular flexibility index (Phi) is 4.61. The zero-order valence-electron chi connectivity index (χ0n) is 11.9. The Morgan fingerprint density at radius 2 is 2.17 bits per heavy atom. The third-order valence-electron chi connectivity index (χ3n) is 3.46. The molecule has 1 aromatic carbocycles. The first-order chi connectivity index (χ1) is 11.1. The molecule has 0 radical (unpaired) electrons. The van der Waals surface area contributed by atoms with E-state index in [1.54, 1.807) is 11.4 Å². The molecule has 1 N–H and O–H groups in total. The monoisotopic (exact) mass is 352 g/mol. The van der Waals surface area contributed by atoms with Gasteiger partial charge in [0, 0.05) is 17.5 Å². The maximum absolute atomic E-state index is 12.5. The molecule has 1 saturated heterocycles. The Labute approximate surface area is 141 Å². The van der Waals surface area contributed by atoms with E-state index in [9.17, 15) is 9.59 Å². The van der Waals surface area contributed by atoms with Crippen molar-refractivity contribution in [1.82, 2.24) is 9.88 Å². The third-order valence-corrected chi connectivity index (χ3v) is 4.66. The first-order valence-electron chi connectivity index (χ1n) is 6.90. The van der Waals surface area contributed by atoms with Crippen molar-refractivity contribution < 1.29 is 19.4 Å². The Hall–Kier alpha value is -1.96. The van der Waals surface area contributed by atoms with Gasteiger partial charge in [-0.25, -0.2) is 9.78 Å². The van der Waals surface area contributed by atoms with E-state index < -0.39 is 12.1 Å². The van der Waals surface area contributed by atoms with E-state index in [4.69, 9.17) is 21.4 Å². The van der Waals surface area contributed by atoms with Gasteiger partial charge in [0.05, 0.1) is 18.2 Å². The summed E-state index contributed by atoms with van der Waals surface area (Å²) >= 11 is 7.47. The molecule has 1 aromatic heterocycles. The SMILES string of the molecule is O=C(O)[C@@H]1CN(C(=O)c2csc(-c3ccccc3Cl)n2)CCO1. The number of thiazole rings is 1. The molecule has 6 nitrogen and oxygen atoms in total. The van der Waals surface area contributed by atoms with Crippen molar-refractivity contribution in [1.29, 1.82) is 0 Å². The van der Waals surface area contributed by atoms with Crippen LogP contribution in [0.3, 0.4) is 0 Å². The Bertz CT molecular complexity index is 749. The summed E-state index contributed by atoms with van der Waals surface area (Å²) in [5.41, 5.74) is 1.06. The zero-order valence-corrected chi connectivity index (χ0v) is 13.5. The van der Waals surface area contributed by atoms with Gasteiger partial charge >= 0.3 is 5.97 Å². The number of aromatic nitrogens is 1. The normalized spacial score (nSPS) is 18.0. The van der Waals surface area contributed by atoms with Gasteiger partial charge in [0.1, 0.15) is 10.7 Å². The highest BCUT2D eigenvalue weighted by Crippen LogP contribution is 2.30. The van der Waals surface area contributed by atoms with Crippen LogP contribution in [0.5, 0.6) is 0 Å². The highest BCUT2D eigenvalue weighted by molar-refractivity contribution is 7.13. The molecule has 0 aliphatic carbocycles. The van der Waals surface area contributed by atoms with Gasteiger partial charge in [0.2, 0.25) is 0 Å². The number of hydrogen-bond donors (Lipinski definition) is 1. The second-order valence-corrected chi connectivity index (χ2v) is 6.23. The van der Waals surface area contributed by atoms with E-state index in [1.807, 2.05) is 18.2 Å². The van der Waals surface area contributed by atoms with Crippen LogP contribution in [0.2, 0.25) is 5.02 Å². The summed E-state index contributed by atoms with van der Waals surface area (Å²) in [6.07, 6.45) is -0.991. The average molecular weight is 353 g/mol. The third kappa shape index (κ3) is 3.36. The standard InChI is InChI=1S/C15H13ClN2O4S/c16-10-4-2-1-3-9(10)13-17-11(8-23-13)14(19)18-5-6-22-12(7-18)15(20)21/h1-4,8,12H,5-7H2,(H,20,21)/t12-/m0/s1. The van der Waals surface area contributed by atoms with Crippen molar-refractivity contribution in [3.63, 3.8) is 0 Å². The number of amides is 1. The number of nitrogens with zero attached hydrogens (tertiary/aromatic N) is 2. The predicted octanol–water partition coefficient (Wildman–Crippen LogP) is 2.39. The van der Waals surface area contributed by atoms with Gasteiger partial charge < -0.3 is 14.7 Å². The molecule has 0 bridgehead atoms. The Morgan fingerprint density at radius 3 is 2.91 bits per heavy atom. The number of halogens is 1. The largest absolute Gasteiger partial charge is 0.479 e. The molecule has 1 aliphatic heterocycles. The first-order valence-corrected chi connectivity index (χ1v) is 8.16. The quantitative estimate of drug-likeness (QED) is 0.917. The molecule has 0 unspecified atom stereocenters. The molecule has 1 amide bonds. The van der Waals surface area contributed by atoms with Gasteiger partial charge in [-0.1, -0.05) is 29.8 Å². The van der Waals surface area contributed by atoms with E-state index in [1.165, 1.54) is 16.2 Å². The highest BCUT2D eigenvalue weighted by atomic mass is 35.5. The van der Waals surface area contributed by atoms with Gasteiger partial charge in [-0.2, -0.15) is 0 Å². The van der Waals surface area contributed by atoms with E-state index in [-0.39, 0.29) is 24.8 Å². The summed E-state index contributed by atoms with van der Waals surface area (Å²) in [7, 11) is 0. The molecule has 0 saturated carbocycles. The second-order valence-electron chi connectivity index (χ2n) is 4.97. The van der Waals surface area contributed by atoms with Crippen LogP contribution < -0.4 is 0 Å². The van der Waals surface area contributed by atoms with Crippen LogP contribution in [-0.4, -0.2) is 52.7 Å². The van der Waals surface area contributed by atoms with Crippen LogP contribution in [-0.2, 0) is 9.53 Å². The molecule has 1 aliphatic rings. The fourth-order valence-corrected chi connectivity index (χ4v) is 3.39. The number of carboxylic acids is 1. The van der Waals surface area contributed by atoms with Crippen LogP contribution in [0.4, 0.5) is 0 Å². The van der Waals surface area contributed by atoms with Crippen LogP contribution in [0, 0.1) is 0 Å². The van der Waals surface area contributed by atoms with Crippen molar-refractivity contribution in [2.45, 2.75) is 6.10 Å². The summed E-state index contributed by atoms with van der Waals surface area (Å²) in [6.45, 7) is 0.568. The van der Waals surface area contributed by atoms with Crippen molar-refractivity contribution in [3.8, 4) is 10.6 Å². The van der Waals surface area contributed by atoms with Crippen molar-refractivity contribution in [2.24, 2.45) is 0 Å². The molecule has 3 rings (SSSR count). The maximum atomic E-state index is 12.5. The number of rotatable bonds is 3. The van der Waals surface area contributed by atoms with E-state index in [0.29, 0.717) is 16.6 Å². The van der Waals surface area contributed by atoms with Gasteiger partial charge in [-0.15, -0.1) is 11.3 Å². The Morgan fingerprint density at radius 1 is 1.39 bits per heavy atom. The molecular weight excluding hydrogens is 340 g/mol. The lowest BCUT2D eigenvalue weighted by Crippen LogP contribution is -2.48. The summed E-state index contributed by atoms with van der Waals surface area (Å²) in [5.74, 6) is -1.37. The highest BCUT2D eigenvalue weighted by Gasteiger charge is 2.30. The van der Waals surface area contributed by atoms with Gasteiger partial charge in [-0.3, -0.25) is 4.79 Å². The zero-order chi connectivity index (χ0) is 16.4. The lowest BCUT2D eigenvalue weighted by Gasteiger charge is -2.30. The molecule has 2 heterocycles. The number of carbonyl (C=O) groups excluding carboxylic acids is 1. The number of hydrogen-bond acceptors (Lipinski definition) is 5. The summed E-state index contributed by atoms with van der Waals surface area (Å²) in [6, 6.07) is 7.28. The lowest BCUT2D eigenvalue weighted by atomic mass is 10.2. The molecule has 0 spiro atoms. The van der Waals surface area contributed by atoms with Crippen molar-refractivity contribution in [3.05, 3.63) is 40.4 Å². The number of aliphatic carboxylic acids is 1. The average Bonchev–Trinajstić information content (AvgIpc) is 3.04. The maximum Gasteiger partial charge on any atom is 0.334 e. The van der Waals surface area contributed by atoms with Crippen molar-refractivity contribution >= 4 is 34.8 Å². The number of morpholine rings is 1. The summed E-state index contributed by atoms with van der Waals surface area (Å²) < 4.78 is 5.12. The topological polar surface area (TPSA) is 79.7 Å². The number of carboxylic acid groups (broad SMARTS) is 1. The van der Waals surface area contributed by atoms with Gasteiger partial charge in [0.15, 0.2) is 6.10 Å². The van der Waals surface area contributed by atoms with Crippen LogP contribution in [0.25, 0.3) is 10.6 Å². The van der Waals surface area contributed by atoms with Crippen LogP contribution in [0.15, 0.2) is 29.6 Å². The molecule has 2 aromatic rings. The van der Waals surface area contributed by atoms with Crippen LogP contribution >= 0.6 is 22.9 Å². The first kappa shape index (κ1) is 15.9. The number of benzene rings is 1. The minimum atomic E-state index is -1.07. The smallest absolute Gasteiger partial charge is 0.334 e. The van der Waals surface area contributed by atoms with Crippen molar-refractivity contribution in [2.75, 3.05) is 19.7 Å². The fraction of sp³-hybridized carbons (Fsp3) is 0.267. The summed E-state index contributed by atoms with van der Waals surface area (Å²) in [5, 5.41) is 11.9. The predicted molar refractivity (Wildman–Crippen MR) is 85.8 cm³/mol. The van der Waals surface area contributed by atoms with E-state index in [2.05, 4.69) is 4.98 Å². The minimum Gasteiger partial charge on any atom is -0.479 e. The lowest BCUT2D eigenvalue weighted by molar-refractivity contribution is -0.154. The van der Waals surface area contributed by atoms with E-state index >= 15 is 0 Å². The number of carbonyl (C=O) groups is 2. The fourth-order valence-electron chi connectivity index (χ4n) is 2.28. The van der Waals surface area contributed by atoms with Gasteiger partial charge in [0.25, 0.3) is 5.91 Å². The van der Waals surface area contributed by atoms with E-state index in [0.717, 1.165) is 5.56 Å². The molecule has 8 heteroatoms. The second kappa shape index (κ2) is 6.66. The summed E-state index contributed by atoms with van der Waals surface area (Å²) in [4.78, 5) is 29.3. The van der Waals surface area contributed by atoms with Crippen LogP contribution in [0.1, 0.15) is 10.5 Å². The molecule has 120 valence electrons. The molecule has 23 heavy (non-hydrogen) atoms. The minimum absolute atomic E-state index is 0.0210. The van der Waals surface area contributed by atoms with Gasteiger partial charge in [-0.05, 0) is 6.07 Å². The molecular formula is C15H13ClN2O4S.